The summed E-state index contributed by atoms with van der Waals surface area (Å²) in [6.07, 6.45) is 1.45. The number of fused-ring (bicyclic) bond motifs is 2. The first-order valence-electron chi connectivity index (χ1n) is 11.7. The van der Waals surface area contributed by atoms with Gasteiger partial charge in [-0.3, -0.25) is 9.13 Å². The summed E-state index contributed by atoms with van der Waals surface area (Å²) in [5.41, 5.74) is 1.73. The van der Waals surface area contributed by atoms with Gasteiger partial charge in [-0.1, -0.05) is 6.07 Å². The summed E-state index contributed by atoms with van der Waals surface area (Å²) in [6.45, 7) is 2.92. The van der Waals surface area contributed by atoms with E-state index in [0.29, 0.717) is 66.8 Å². The molecular formula is C23H25F2N7O3. The Balaban J connectivity index is 1.62. The Morgan fingerprint density at radius 1 is 1.06 bits per heavy atom. The molecule has 10 nitrogen and oxygen atoms in total. The molecule has 0 aliphatic carbocycles. The van der Waals surface area contributed by atoms with E-state index in [-0.39, 0.29) is 12.0 Å². The molecule has 0 radical (unpaired) electrons. The van der Waals surface area contributed by atoms with Crippen molar-refractivity contribution in [3.05, 3.63) is 30.4 Å². The van der Waals surface area contributed by atoms with Gasteiger partial charge >= 0.3 is 0 Å². The number of rotatable bonds is 5. The molecule has 2 aliphatic heterocycles. The first-order valence-corrected chi connectivity index (χ1v) is 11.7. The molecule has 3 aromatic heterocycles. The minimum Gasteiger partial charge on any atom is -0.494 e. The smallest absolute Gasteiger partial charge is 0.296 e. The van der Waals surface area contributed by atoms with E-state index in [1.807, 2.05) is 9.47 Å². The van der Waals surface area contributed by atoms with Crippen LogP contribution in [0.4, 0.5) is 14.7 Å². The number of nitrogens with zero attached hydrogens (tertiary/aromatic N) is 7. The molecule has 35 heavy (non-hydrogen) atoms. The van der Waals surface area contributed by atoms with Gasteiger partial charge in [0, 0.05) is 19.7 Å². The highest BCUT2D eigenvalue weighted by Gasteiger charge is 2.28. The molecule has 2 saturated heterocycles. The summed E-state index contributed by atoms with van der Waals surface area (Å²) in [5.74, 6) is 0.652. The van der Waals surface area contributed by atoms with Crippen LogP contribution in [0.3, 0.4) is 0 Å². The predicted molar refractivity (Wildman–Crippen MR) is 123 cm³/mol. The lowest BCUT2D eigenvalue weighted by Gasteiger charge is -2.28. The quantitative estimate of drug-likeness (QED) is 0.423. The summed E-state index contributed by atoms with van der Waals surface area (Å²) in [7, 11) is 1.49. The molecule has 4 aromatic rings. The zero-order valence-corrected chi connectivity index (χ0v) is 19.2. The second-order valence-electron chi connectivity index (χ2n) is 8.53. The molecule has 2 aliphatic rings. The second kappa shape index (κ2) is 9.00. The fraction of sp³-hybridized carbons (Fsp3) is 0.478. The monoisotopic (exact) mass is 485 g/mol. The van der Waals surface area contributed by atoms with Crippen molar-refractivity contribution in [1.29, 1.82) is 0 Å². The third kappa shape index (κ3) is 3.76. The first kappa shape index (κ1) is 22.1. The molecule has 0 bridgehead atoms. The molecule has 1 aromatic carbocycles. The third-order valence-electron chi connectivity index (χ3n) is 6.45. The van der Waals surface area contributed by atoms with Gasteiger partial charge in [0.25, 0.3) is 6.43 Å². The molecule has 1 unspecified atom stereocenters. The Morgan fingerprint density at radius 3 is 2.66 bits per heavy atom. The third-order valence-corrected chi connectivity index (χ3v) is 6.45. The zero-order chi connectivity index (χ0) is 23.9. The van der Waals surface area contributed by atoms with Gasteiger partial charge in [0.05, 0.1) is 32.2 Å². The largest absolute Gasteiger partial charge is 0.494 e. The number of methoxy groups -OCH3 is 1. The van der Waals surface area contributed by atoms with Crippen molar-refractivity contribution in [2.75, 3.05) is 44.9 Å². The molecule has 184 valence electrons. The highest BCUT2D eigenvalue weighted by Crippen LogP contribution is 2.35. The van der Waals surface area contributed by atoms with E-state index < -0.39 is 12.2 Å². The number of alkyl halides is 2. The summed E-state index contributed by atoms with van der Waals surface area (Å²) in [6, 6.07) is 5.16. The highest BCUT2D eigenvalue weighted by atomic mass is 19.3. The van der Waals surface area contributed by atoms with Crippen LogP contribution in [-0.2, 0) is 9.47 Å². The van der Waals surface area contributed by atoms with Crippen molar-refractivity contribution in [2.24, 2.45) is 0 Å². The Morgan fingerprint density at radius 2 is 1.91 bits per heavy atom. The predicted octanol–water partition coefficient (Wildman–Crippen LogP) is 3.65. The topological polar surface area (TPSA) is 92.4 Å². The summed E-state index contributed by atoms with van der Waals surface area (Å²) >= 11 is 0. The van der Waals surface area contributed by atoms with Gasteiger partial charge in [-0.25, -0.2) is 18.7 Å². The van der Waals surface area contributed by atoms with Crippen LogP contribution in [0.1, 0.15) is 37.7 Å². The molecular weight excluding hydrogens is 460 g/mol. The first-order chi connectivity index (χ1) is 17.2. The lowest BCUT2D eigenvalue weighted by atomic mass is 10.2. The molecule has 12 heteroatoms. The van der Waals surface area contributed by atoms with Crippen LogP contribution in [-0.4, -0.2) is 69.1 Å². The number of morpholine rings is 1. The highest BCUT2D eigenvalue weighted by molar-refractivity contribution is 5.88. The second-order valence-corrected chi connectivity index (χ2v) is 8.53. The standard InChI is InChI=1S/C23H25F2N7O3/c1-33-15-6-4-5-14-17(15)27-22(19(24)25)32(14)21-18-20(28-23(29-21)30-8-11-34-12-9-30)31(13-26-18)16-7-2-3-10-35-16/h4-6,13,16,19H,2-3,7-12H2,1H3. The van der Waals surface area contributed by atoms with Gasteiger partial charge in [0.2, 0.25) is 5.95 Å². The van der Waals surface area contributed by atoms with Crippen molar-refractivity contribution in [3.63, 3.8) is 0 Å². The van der Waals surface area contributed by atoms with Gasteiger partial charge in [-0.2, -0.15) is 9.97 Å². The van der Waals surface area contributed by atoms with Crippen molar-refractivity contribution >= 4 is 28.1 Å². The number of para-hydroxylation sites is 1. The lowest BCUT2D eigenvalue weighted by Crippen LogP contribution is -2.37. The molecule has 2 fully saturated rings. The van der Waals surface area contributed by atoms with Gasteiger partial charge in [0.1, 0.15) is 17.5 Å². The number of imidazole rings is 2. The van der Waals surface area contributed by atoms with Gasteiger partial charge in [-0.05, 0) is 31.4 Å². The van der Waals surface area contributed by atoms with Crippen molar-refractivity contribution in [2.45, 2.75) is 31.9 Å². The van der Waals surface area contributed by atoms with E-state index in [1.165, 1.54) is 11.7 Å². The number of halogens is 2. The number of hydrogen-bond donors (Lipinski definition) is 0. The number of anilines is 1. The fourth-order valence-electron chi connectivity index (χ4n) is 4.73. The van der Waals surface area contributed by atoms with Crippen LogP contribution >= 0.6 is 0 Å². The Labute approximate surface area is 199 Å². The number of aromatic nitrogens is 6. The Hall–Kier alpha value is -3.38. The maximum Gasteiger partial charge on any atom is 0.296 e. The number of hydrogen-bond acceptors (Lipinski definition) is 8. The van der Waals surface area contributed by atoms with Crippen molar-refractivity contribution < 1.29 is 23.0 Å². The minimum absolute atomic E-state index is 0.219. The van der Waals surface area contributed by atoms with E-state index in [4.69, 9.17) is 24.2 Å². The zero-order valence-electron chi connectivity index (χ0n) is 19.2. The summed E-state index contributed by atoms with van der Waals surface area (Å²) in [5, 5.41) is 0. The molecule has 0 N–H and O–H groups in total. The van der Waals surface area contributed by atoms with Crippen LogP contribution in [0.25, 0.3) is 28.0 Å². The average molecular weight is 485 g/mol. The van der Waals surface area contributed by atoms with Gasteiger partial charge < -0.3 is 19.1 Å². The van der Waals surface area contributed by atoms with Crippen LogP contribution in [0.5, 0.6) is 5.75 Å². The number of ether oxygens (including phenoxy) is 3. The molecule has 6 rings (SSSR count). The molecule has 5 heterocycles. The van der Waals surface area contributed by atoms with Crippen LogP contribution in [0.15, 0.2) is 24.5 Å². The maximum absolute atomic E-state index is 14.3. The van der Waals surface area contributed by atoms with E-state index in [0.717, 1.165) is 19.3 Å². The van der Waals surface area contributed by atoms with E-state index in [1.54, 1.807) is 24.5 Å². The molecule has 0 spiro atoms. The Bertz CT molecular complexity index is 1360. The summed E-state index contributed by atoms with van der Waals surface area (Å²) < 4.78 is 48.7. The minimum atomic E-state index is -2.84. The average Bonchev–Trinajstić information content (AvgIpc) is 3.51. The number of benzene rings is 1. The Kier molecular flexibility index (Phi) is 5.69. The van der Waals surface area contributed by atoms with Crippen molar-refractivity contribution in [1.82, 2.24) is 29.1 Å². The van der Waals surface area contributed by atoms with Crippen LogP contribution in [0, 0.1) is 0 Å². The van der Waals surface area contributed by atoms with E-state index >= 15 is 0 Å². The molecule has 1 atom stereocenters. The fourth-order valence-corrected chi connectivity index (χ4v) is 4.73. The van der Waals surface area contributed by atoms with E-state index in [2.05, 4.69) is 9.97 Å². The van der Waals surface area contributed by atoms with E-state index in [9.17, 15) is 8.78 Å². The van der Waals surface area contributed by atoms with Gasteiger partial charge in [0.15, 0.2) is 22.8 Å². The summed E-state index contributed by atoms with van der Waals surface area (Å²) in [4.78, 5) is 20.4. The van der Waals surface area contributed by atoms with Crippen LogP contribution in [0.2, 0.25) is 0 Å². The van der Waals surface area contributed by atoms with Gasteiger partial charge in [-0.15, -0.1) is 0 Å². The SMILES string of the molecule is COc1cccc2c1nc(C(F)F)n2-c1nc(N2CCOCC2)nc2c1ncn2C1CCCCO1. The lowest BCUT2D eigenvalue weighted by molar-refractivity contribution is -0.0298. The molecule has 0 saturated carbocycles. The van der Waals surface area contributed by atoms with Crippen molar-refractivity contribution in [3.8, 4) is 11.6 Å². The normalized spacial score (nSPS) is 19.2. The maximum atomic E-state index is 14.3. The van der Waals surface area contributed by atoms with Crippen LogP contribution < -0.4 is 9.64 Å². The molecule has 0 amide bonds.